The maximum Gasteiger partial charge on any atom is 0.332 e. The Labute approximate surface area is 87.7 Å². The van der Waals surface area contributed by atoms with E-state index in [9.17, 15) is 9.90 Å². The summed E-state index contributed by atoms with van der Waals surface area (Å²) in [6, 6.07) is 8.93. The van der Waals surface area contributed by atoms with Gasteiger partial charge in [0.15, 0.2) is 6.61 Å². The summed E-state index contributed by atoms with van der Waals surface area (Å²) in [7, 11) is 0. The smallest absolute Gasteiger partial charge is 0.332 e. The molecule has 0 aliphatic rings. The maximum absolute atomic E-state index is 10.7. The fraction of sp³-hybridized carbons (Fsp3) is 0.182. The number of hydrogen-bond donors (Lipinski definition) is 1. The third kappa shape index (κ3) is 4.28. The lowest BCUT2D eigenvalue weighted by Crippen LogP contribution is -2.23. The number of aliphatic hydroxyl groups excluding tert-OH is 1. The first-order valence-corrected chi connectivity index (χ1v) is 4.41. The Morgan fingerprint density at radius 2 is 2.13 bits per heavy atom. The zero-order valence-electron chi connectivity index (χ0n) is 8.13. The van der Waals surface area contributed by atoms with Crippen molar-refractivity contribution in [3.05, 3.63) is 43.0 Å². The number of carbonyl (C=O) groups excluding carboxylic acids is 1. The molecule has 1 aromatic rings. The van der Waals surface area contributed by atoms with Crippen LogP contribution in [0.25, 0.3) is 0 Å². The van der Waals surface area contributed by atoms with Crippen molar-refractivity contribution >= 4 is 5.97 Å². The second-order valence-corrected chi connectivity index (χ2v) is 2.72. The lowest BCUT2D eigenvalue weighted by atomic mass is 10.3. The van der Waals surface area contributed by atoms with Crippen molar-refractivity contribution in [2.75, 3.05) is 6.61 Å². The number of hydrogen-bond acceptors (Lipinski definition) is 4. The number of carbonyl (C=O) groups is 1. The molecule has 0 aromatic heterocycles. The van der Waals surface area contributed by atoms with Gasteiger partial charge < -0.3 is 14.6 Å². The molecule has 1 N–H and O–H groups in total. The summed E-state index contributed by atoms with van der Waals surface area (Å²) in [6.07, 6.45) is -0.304. The summed E-state index contributed by atoms with van der Waals surface area (Å²) in [5.41, 5.74) is 0. The Bertz CT molecular complexity index is 321. The Balaban J connectivity index is 2.31. The number of rotatable bonds is 5. The summed E-state index contributed by atoms with van der Waals surface area (Å²) in [6.45, 7) is 3.10. The van der Waals surface area contributed by atoms with Crippen molar-refractivity contribution in [2.45, 2.75) is 6.29 Å². The van der Waals surface area contributed by atoms with Crippen molar-refractivity contribution in [1.29, 1.82) is 0 Å². The van der Waals surface area contributed by atoms with Crippen molar-refractivity contribution in [3.63, 3.8) is 0 Å². The van der Waals surface area contributed by atoms with Gasteiger partial charge in [-0.25, -0.2) is 4.79 Å². The van der Waals surface area contributed by atoms with Gasteiger partial charge in [-0.15, -0.1) is 0 Å². The van der Waals surface area contributed by atoms with E-state index in [0.717, 1.165) is 6.08 Å². The van der Waals surface area contributed by atoms with Gasteiger partial charge >= 0.3 is 5.97 Å². The second kappa shape index (κ2) is 5.82. The minimum atomic E-state index is -1.28. The minimum Gasteiger partial charge on any atom is -0.487 e. The fourth-order valence-corrected chi connectivity index (χ4v) is 0.900. The van der Waals surface area contributed by atoms with Crippen LogP contribution in [0.4, 0.5) is 0 Å². The first-order chi connectivity index (χ1) is 7.22. The molecule has 0 bridgehead atoms. The number of benzene rings is 1. The van der Waals surface area contributed by atoms with Gasteiger partial charge in [-0.2, -0.15) is 0 Å². The van der Waals surface area contributed by atoms with Crippen molar-refractivity contribution in [1.82, 2.24) is 0 Å². The van der Waals surface area contributed by atoms with E-state index in [2.05, 4.69) is 11.3 Å². The van der Waals surface area contributed by atoms with Gasteiger partial charge in [-0.3, -0.25) is 0 Å². The van der Waals surface area contributed by atoms with Crippen LogP contribution in [0.5, 0.6) is 5.75 Å². The largest absolute Gasteiger partial charge is 0.487 e. The van der Waals surface area contributed by atoms with E-state index in [4.69, 9.17) is 4.74 Å². The number of para-hydroxylation sites is 1. The quantitative estimate of drug-likeness (QED) is 0.447. The normalized spacial score (nSPS) is 11.5. The summed E-state index contributed by atoms with van der Waals surface area (Å²) >= 11 is 0. The van der Waals surface area contributed by atoms with E-state index in [1.165, 1.54) is 0 Å². The molecule has 0 radical (unpaired) electrons. The van der Waals surface area contributed by atoms with Gasteiger partial charge in [0.25, 0.3) is 0 Å². The molecule has 0 saturated carbocycles. The highest BCUT2D eigenvalue weighted by Crippen LogP contribution is 2.08. The Morgan fingerprint density at radius 3 is 2.73 bits per heavy atom. The second-order valence-electron chi connectivity index (χ2n) is 2.72. The van der Waals surface area contributed by atoms with Crippen molar-refractivity contribution < 1.29 is 19.4 Å². The van der Waals surface area contributed by atoms with Crippen LogP contribution < -0.4 is 4.74 Å². The average Bonchev–Trinajstić information content (AvgIpc) is 2.27. The molecular weight excluding hydrogens is 196 g/mol. The van der Waals surface area contributed by atoms with Crippen LogP contribution in [-0.2, 0) is 9.53 Å². The third-order valence-electron chi connectivity index (χ3n) is 1.55. The van der Waals surface area contributed by atoms with Gasteiger partial charge in [-0.1, -0.05) is 24.8 Å². The molecule has 0 amide bonds. The van der Waals surface area contributed by atoms with Gasteiger partial charge in [-0.05, 0) is 12.1 Å². The van der Waals surface area contributed by atoms with Crippen molar-refractivity contribution in [2.24, 2.45) is 0 Å². The minimum absolute atomic E-state index is 0.108. The fourth-order valence-electron chi connectivity index (χ4n) is 0.900. The SMILES string of the molecule is C=CC(=O)OC(O)COc1ccccc1. The molecule has 4 nitrogen and oxygen atoms in total. The lowest BCUT2D eigenvalue weighted by molar-refractivity contribution is -0.166. The molecule has 1 unspecified atom stereocenters. The van der Waals surface area contributed by atoms with E-state index >= 15 is 0 Å². The number of esters is 1. The molecular formula is C11H12O4. The van der Waals surface area contributed by atoms with E-state index in [0.29, 0.717) is 5.75 Å². The highest BCUT2D eigenvalue weighted by atomic mass is 16.7. The van der Waals surface area contributed by atoms with Crippen molar-refractivity contribution in [3.8, 4) is 5.75 Å². The molecule has 0 aliphatic heterocycles. The lowest BCUT2D eigenvalue weighted by Gasteiger charge is -2.11. The molecule has 80 valence electrons. The Kier molecular flexibility index (Phi) is 4.37. The molecule has 0 saturated heterocycles. The summed E-state index contributed by atoms with van der Waals surface area (Å²) in [4.78, 5) is 10.7. The zero-order chi connectivity index (χ0) is 11.1. The molecule has 1 aromatic carbocycles. The Morgan fingerprint density at radius 1 is 1.47 bits per heavy atom. The topological polar surface area (TPSA) is 55.8 Å². The van der Waals surface area contributed by atoms with Crippen LogP contribution in [0.15, 0.2) is 43.0 Å². The molecule has 0 spiro atoms. The van der Waals surface area contributed by atoms with Gasteiger partial charge in [0.1, 0.15) is 5.75 Å². The molecule has 4 heteroatoms. The van der Waals surface area contributed by atoms with E-state index in [1.54, 1.807) is 24.3 Å². The van der Waals surface area contributed by atoms with Crippen LogP contribution >= 0.6 is 0 Å². The zero-order valence-corrected chi connectivity index (χ0v) is 8.13. The van der Waals surface area contributed by atoms with Crippen LogP contribution in [0.1, 0.15) is 0 Å². The molecule has 1 atom stereocenters. The number of aliphatic hydroxyl groups is 1. The van der Waals surface area contributed by atoms with Crippen LogP contribution in [0.2, 0.25) is 0 Å². The molecule has 1 rings (SSSR count). The van der Waals surface area contributed by atoms with E-state index in [-0.39, 0.29) is 6.61 Å². The first kappa shape index (κ1) is 11.3. The predicted molar refractivity (Wildman–Crippen MR) is 54.2 cm³/mol. The monoisotopic (exact) mass is 208 g/mol. The third-order valence-corrected chi connectivity index (χ3v) is 1.55. The van der Waals surface area contributed by atoms with Crippen LogP contribution in [-0.4, -0.2) is 24.0 Å². The van der Waals surface area contributed by atoms with E-state index in [1.807, 2.05) is 6.07 Å². The molecule has 0 heterocycles. The van der Waals surface area contributed by atoms with Crippen LogP contribution in [0.3, 0.4) is 0 Å². The van der Waals surface area contributed by atoms with Gasteiger partial charge in [0.05, 0.1) is 0 Å². The maximum atomic E-state index is 10.7. The molecule has 0 aliphatic carbocycles. The standard InChI is InChI=1S/C11H12O4/c1-2-10(12)15-11(13)8-14-9-6-4-3-5-7-9/h2-7,11,13H,1,8H2. The molecule has 15 heavy (non-hydrogen) atoms. The van der Waals surface area contributed by atoms with Gasteiger partial charge in [0.2, 0.25) is 6.29 Å². The predicted octanol–water partition coefficient (Wildman–Crippen LogP) is 1.11. The summed E-state index contributed by atoms with van der Waals surface area (Å²) in [5.74, 6) is -0.0784. The summed E-state index contributed by atoms with van der Waals surface area (Å²) < 4.78 is 9.65. The highest BCUT2D eigenvalue weighted by molar-refractivity contribution is 5.81. The Hall–Kier alpha value is -1.81. The number of ether oxygens (including phenoxy) is 2. The first-order valence-electron chi connectivity index (χ1n) is 4.41. The highest BCUT2D eigenvalue weighted by Gasteiger charge is 2.08. The average molecular weight is 208 g/mol. The van der Waals surface area contributed by atoms with E-state index < -0.39 is 12.3 Å². The van der Waals surface area contributed by atoms with Crippen LogP contribution in [0, 0.1) is 0 Å². The summed E-state index contributed by atoms with van der Waals surface area (Å²) in [5, 5.41) is 9.20. The molecule has 0 fully saturated rings. The van der Waals surface area contributed by atoms with Gasteiger partial charge in [0, 0.05) is 6.08 Å².